The zero-order valence-corrected chi connectivity index (χ0v) is 18.3. The van der Waals surface area contributed by atoms with Crippen molar-refractivity contribution in [2.75, 3.05) is 12.4 Å². The van der Waals surface area contributed by atoms with Crippen LogP contribution in [0.5, 0.6) is 11.5 Å². The van der Waals surface area contributed by atoms with Gasteiger partial charge in [-0.25, -0.2) is 0 Å². The lowest BCUT2D eigenvalue weighted by atomic mass is 10.1. The van der Waals surface area contributed by atoms with Crippen molar-refractivity contribution in [1.82, 2.24) is 0 Å². The summed E-state index contributed by atoms with van der Waals surface area (Å²) in [6.07, 6.45) is 1.45. The highest BCUT2D eigenvalue weighted by Crippen LogP contribution is 2.38. The van der Waals surface area contributed by atoms with Gasteiger partial charge in [0.2, 0.25) is 0 Å². The SMILES string of the molecule is COc1cc(/C=C(\C#N)C(=O)Nc2cc(Cl)ccc2C)cc(Br)c1OC(C)C. The molecule has 0 radical (unpaired) electrons. The van der Waals surface area contributed by atoms with Crippen LogP contribution in [0.3, 0.4) is 0 Å². The van der Waals surface area contributed by atoms with Gasteiger partial charge in [0.05, 0.1) is 17.7 Å². The lowest BCUT2D eigenvalue weighted by Crippen LogP contribution is -2.14. The Balaban J connectivity index is 2.35. The van der Waals surface area contributed by atoms with Crippen molar-refractivity contribution in [2.45, 2.75) is 26.9 Å². The molecule has 0 bridgehead atoms. The third kappa shape index (κ3) is 5.51. The number of anilines is 1. The maximum absolute atomic E-state index is 12.6. The highest BCUT2D eigenvalue weighted by molar-refractivity contribution is 9.10. The van der Waals surface area contributed by atoms with Gasteiger partial charge in [-0.05, 0) is 78.2 Å². The van der Waals surface area contributed by atoms with E-state index >= 15 is 0 Å². The van der Waals surface area contributed by atoms with Crippen LogP contribution in [0.25, 0.3) is 6.08 Å². The number of rotatable bonds is 6. The second kappa shape index (κ2) is 9.63. The first kappa shape index (κ1) is 21.8. The number of aryl methyl sites for hydroxylation is 1. The van der Waals surface area contributed by atoms with E-state index in [0.29, 0.717) is 32.2 Å². The molecule has 0 aliphatic carbocycles. The van der Waals surface area contributed by atoms with Crippen LogP contribution in [0.1, 0.15) is 25.0 Å². The van der Waals surface area contributed by atoms with Gasteiger partial charge in [-0.3, -0.25) is 4.79 Å². The van der Waals surface area contributed by atoms with Crippen LogP contribution in [0.2, 0.25) is 5.02 Å². The number of hydrogen-bond donors (Lipinski definition) is 1. The first-order valence-electron chi connectivity index (χ1n) is 8.48. The van der Waals surface area contributed by atoms with Gasteiger partial charge in [-0.1, -0.05) is 17.7 Å². The Bertz CT molecular complexity index is 965. The zero-order valence-electron chi connectivity index (χ0n) is 16.0. The second-order valence-electron chi connectivity index (χ2n) is 6.28. The number of nitrogens with zero attached hydrogens (tertiary/aromatic N) is 1. The van der Waals surface area contributed by atoms with E-state index in [9.17, 15) is 10.1 Å². The summed E-state index contributed by atoms with van der Waals surface area (Å²) in [5.74, 6) is 0.537. The van der Waals surface area contributed by atoms with Crippen LogP contribution in [0.4, 0.5) is 5.69 Å². The summed E-state index contributed by atoms with van der Waals surface area (Å²) in [5, 5.41) is 12.7. The fraction of sp³-hybridized carbons (Fsp3) is 0.238. The van der Waals surface area contributed by atoms with Gasteiger partial charge in [0, 0.05) is 10.7 Å². The predicted molar refractivity (Wildman–Crippen MR) is 115 cm³/mol. The number of ether oxygens (including phenoxy) is 2. The van der Waals surface area contributed by atoms with Crippen molar-refractivity contribution in [3.05, 3.63) is 56.5 Å². The summed E-state index contributed by atoms with van der Waals surface area (Å²) >= 11 is 9.44. The van der Waals surface area contributed by atoms with Crippen LogP contribution >= 0.6 is 27.5 Å². The minimum absolute atomic E-state index is 0.0343. The fourth-order valence-electron chi connectivity index (χ4n) is 2.41. The molecule has 28 heavy (non-hydrogen) atoms. The number of carbonyl (C=O) groups excluding carboxylic acids is 1. The van der Waals surface area contributed by atoms with E-state index < -0.39 is 5.91 Å². The molecule has 2 aromatic carbocycles. The first-order chi connectivity index (χ1) is 13.2. The lowest BCUT2D eigenvalue weighted by molar-refractivity contribution is -0.112. The number of halogens is 2. The number of nitriles is 1. The first-order valence-corrected chi connectivity index (χ1v) is 9.65. The molecule has 2 rings (SSSR count). The van der Waals surface area contributed by atoms with Gasteiger partial charge in [-0.2, -0.15) is 5.26 Å². The summed E-state index contributed by atoms with van der Waals surface area (Å²) in [4.78, 5) is 12.6. The molecule has 0 saturated heterocycles. The van der Waals surface area contributed by atoms with E-state index in [-0.39, 0.29) is 11.7 Å². The minimum atomic E-state index is -0.523. The monoisotopic (exact) mass is 462 g/mol. The smallest absolute Gasteiger partial charge is 0.266 e. The quantitative estimate of drug-likeness (QED) is 0.437. The average molecular weight is 464 g/mol. The van der Waals surface area contributed by atoms with Gasteiger partial charge in [0.1, 0.15) is 11.6 Å². The largest absolute Gasteiger partial charge is 0.493 e. The number of benzene rings is 2. The molecule has 7 heteroatoms. The van der Waals surface area contributed by atoms with Crippen LogP contribution in [0.15, 0.2) is 40.4 Å². The molecule has 146 valence electrons. The molecule has 1 N–H and O–H groups in total. The molecule has 0 fully saturated rings. The van der Waals surface area contributed by atoms with E-state index in [1.54, 1.807) is 30.3 Å². The third-order valence-electron chi connectivity index (χ3n) is 3.73. The van der Waals surface area contributed by atoms with Crippen LogP contribution < -0.4 is 14.8 Å². The molecule has 1 amide bonds. The highest BCUT2D eigenvalue weighted by atomic mass is 79.9. The van der Waals surface area contributed by atoms with E-state index in [2.05, 4.69) is 21.2 Å². The van der Waals surface area contributed by atoms with Crippen molar-refractivity contribution in [3.8, 4) is 17.6 Å². The van der Waals surface area contributed by atoms with Crippen LogP contribution in [0, 0.1) is 18.3 Å². The number of methoxy groups -OCH3 is 1. The average Bonchev–Trinajstić information content (AvgIpc) is 2.64. The standard InChI is InChI=1S/C21H20BrClN2O3/c1-12(2)28-20-17(22)8-14(9-19(20)27-4)7-15(11-24)21(26)25-18-10-16(23)6-5-13(18)3/h5-10,12H,1-4H3,(H,25,26)/b15-7+. The molecule has 0 heterocycles. The van der Waals surface area contributed by atoms with Gasteiger partial charge in [0.25, 0.3) is 5.91 Å². The maximum Gasteiger partial charge on any atom is 0.266 e. The Hall–Kier alpha value is -2.49. The fourth-order valence-corrected chi connectivity index (χ4v) is 3.13. The van der Waals surface area contributed by atoms with Gasteiger partial charge in [0.15, 0.2) is 11.5 Å². The molecule has 0 spiro atoms. The Morgan fingerprint density at radius 2 is 2.04 bits per heavy atom. The Morgan fingerprint density at radius 3 is 2.64 bits per heavy atom. The molecule has 5 nitrogen and oxygen atoms in total. The number of amides is 1. The van der Waals surface area contributed by atoms with Gasteiger partial charge in [-0.15, -0.1) is 0 Å². The zero-order chi connectivity index (χ0) is 20.8. The maximum atomic E-state index is 12.6. The Labute approximate surface area is 178 Å². The van der Waals surface area contributed by atoms with E-state index in [4.69, 9.17) is 21.1 Å². The van der Waals surface area contributed by atoms with Gasteiger partial charge < -0.3 is 14.8 Å². The Kier molecular flexibility index (Phi) is 7.50. The number of carbonyl (C=O) groups is 1. The van der Waals surface area contributed by atoms with E-state index in [0.717, 1.165) is 5.56 Å². The second-order valence-corrected chi connectivity index (χ2v) is 7.57. The molecule has 0 atom stereocenters. The summed E-state index contributed by atoms with van der Waals surface area (Å²) in [7, 11) is 1.53. The van der Waals surface area contributed by atoms with Crippen molar-refractivity contribution in [1.29, 1.82) is 5.26 Å². The summed E-state index contributed by atoms with van der Waals surface area (Å²) in [5.41, 5.74) is 1.97. The summed E-state index contributed by atoms with van der Waals surface area (Å²) < 4.78 is 11.8. The normalized spacial score (nSPS) is 11.1. The van der Waals surface area contributed by atoms with Gasteiger partial charge >= 0.3 is 0 Å². The van der Waals surface area contributed by atoms with Crippen LogP contribution in [-0.2, 0) is 4.79 Å². The molecular formula is C21H20BrClN2O3. The molecule has 0 saturated carbocycles. The van der Waals surface area contributed by atoms with Crippen molar-refractivity contribution < 1.29 is 14.3 Å². The molecular weight excluding hydrogens is 444 g/mol. The van der Waals surface area contributed by atoms with Crippen molar-refractivity contribution >= 4 is 45.2 Å². The molecule has 0 aliphatic rings. The van der Waals surface area contributed by atoms with Crippen LogP contribution in [-0.4, -0.2) is 19.1 Å². The topological polar surface area (TPSA) is 71.3 Å². The minimum Gasteiger partial charge on any atom is -0.493 e. The lowest BCUT2D eigenvalue weighted by Gasteiger charge is -2.16. The molecule has 0 aliphatic heterocycles. The predicted octanol–water partition coefficient (Wildman–Crippen LogP) is 5.75. The van der Waals surface area contributed by atoms with E-state index in [1.165, 1.54) is 13.2 Å². The number of hydrogen-bond acceptors (Lipinski definition) is 4. The summed E-state index contributed by atoms with van der Waals surface area (Å²) in [6.45, 7) is 5.67. The highest BCUT2D eigenvalue weighted by Gasteiger charge is 2.15. The molecule has 0 aromatic heterocycles. The van der Waals surface area contributed by atoms with E-state index in [1.807, 2.05) is 26.8 Å². The molecule has 0 unspecified atom stereocenters. The number of nitrogens with one attached hydrogen (secondary N) is 1. The van der Waals surface area contributed by atoms with Crippen molar-refractivity contribution in [2.24, 2.45) is 0 Å². The van der Waals surface area contributed by atoms with Crippen molar-refractivity contribution in [3.63, 3.8) is 0 Å². The third-order valence-corrected chi connectivity index (χ3v) is 4.55. The Morgan fingerprint density at radius 1 is 1.32 bits per heavy atom. The molecule has 2 aromatic rings. The summed E-state index contributed by atoms with van der Waals surface area (Å²) in [6, 6.07) is 10.6.